The highest BCUT2D eigenvalue weighted by Gasteiger charge is 2.17. The standard InChI is InChI=1S/C17H17N3O2/c1-20(14-5-3-2-4-6-14)19-17(22)13-7-9-15-12(11-13)8-10-16(21)18-15/h2-7,9,11H,8,10H2,1H3,(H,18,21)(H,19,22). The van der Waals surface area contributed by atoms with Crippen molar-refractivity contribution in [3.63, 3.8) is 0 Å². The van der Waals surface area contributed by atoms with Crippen molar-refractivity contribution in [2.45, 2.75) is 12.8 Å². The van der Waals surface area contributed by atoms with Crippen LogP contribution in [0, 0.1) is 0 Å². The van der Waals surface area contributed by atoms with Gasteiger partial charge in [0, 0.05) is 24.7 Å². The number of fused-ring (bicyclic) bond motifs is 1. The number of hydrogen-bond donors (Lipinski definition) is 2. The summed E-state index contributed by atoms with van der Waals surface area (Å²) in [5, 5.41) is 4.50. The van der Waals surface area contributed by atoms with Crippen LogP contribution in [0.5, 0.6) is 0 Å². The van der Waals surface area contributed by atoms with E-state index in [0.29, 0.717) is 18.4 Å². The predicted molar refractivity (Wildman–Crippen MR) is 85.7 cm³/mol. The molecular weight excluding hydrogens is 278 g/mol. The molecule has 0 aromatic heterocycles. The van der Waals surface area contributed by atoms with E-state index < -0.39 is 0 Å². The van der Waals surface area contributed by atoms with Crippen molar-refractivity contribution >= 4 is 23.2 Å². The zero-order chi connectivity index (χ0) is 15.5. The van der Waals surface area contributed by atoms with E-state index in [1.807, 2.05) is 36.4 Å². The Bertz CT molecular complexity index is 713. The van der Waals surface area contributed by atoms with Crippen molar-refractivity contribution < 1.29 is 9.59 Å². The van der Waals surface area contributed by atoms with Crippen molar-refractivity contribution in [2.75, 3.05) is 17.4 Å². The van der Waals surface area contributed by atoms with Crippen LogP contribution in [0.15, 0.2) is 48.5 Å². The zero-order valence-electron chi connectivity index (χ0n) is 12.3. The van der Waals surface area contributed by atoms with E-state index in [1.54, 1.807) is 24.2 Å². The number of carbonyl (C=O) groups is 2. The fourth-order valence-electron chi connectivity index (χ4n) is 2.46. The number of amides is 2. The number of benzene rings is 2. The van der Waals surface area contributed by atoms with Gasteiger partial charge in [0.05, 0.1) is 5.69 Å². The van der Waals surface area contributed by atoms with Gasteiger partial charge in [-0.3, -0.25) is 20.0 Å². The lowest BCUT2D eigenvalue weighted by Gasteiger charge is -2.21. The Balaban J connectivity index is 1.74. The third kappa shape index (κ3) is 2.93. The Kier molecular flexibility index (Phi) is 3.78. The van der Waals surface area contributed by atoms with Crippen molar-refractivity contribution in [3.8, 4) is 0 Å². The summed E-state index contributed by atoms with van der Waals surface area (Å²) in [4.78, 5) is 23.7. The smallest absolute Gasteiger partial charge is 0.269 e. The van der Waals surface area contributed by atoms with E-state index in [-0.39, 0.29) is 11.8 Å². The van der Waals surface area contributed by atoms with Crippen LogP contribution >= 0.6 is 0 Å². The summed E-state index contributed by atoms with van der Waals surface area (Å²) >= 11 is 0. The minimum absolute atomic E-state index is 0.0218. The number of nitrogens with one attached hydrogen (secondary N) is 2. The second-order valence-corrected chi connectivity index (χ2v) is 5.26. The summed E-state index contributed by atoms with van der Waals surface area (Å²) in [6.45, 7) is 0. The number of para-hydroxylation sites is 1. The molecule has 22 heavy (non-hydrogen) atoms. The normalized spacial score (nSPS) is 13.0. The summed E-state index contributed by atoms with van der Waals surface area (Å²) in [6, 6.07) is 14.9. The van der Waals surface area contributed by atoms with Gasteiger partial charge in [-0.1, -0.05) is 18.2 Å². The summed E-state index contributed by atoms with van der Waals surface area (Å²) < 4.78 is 0. The average molecular weight is 295 g/mol. The molecule has 2 amide bonds. The van der Waals surface area contributed by atoms with Gasteiger partial charge in [0.25, 0.3) is 5.91 Å². The molecule has 0 saturated carbocycles. The number of nitrogens with zero attached hydrogens (tertiary/aromatic N) is 1. The first-order chi connectivity index (χ1) is 10.6. The molecule has 2 N–H and O–H groups in total. The Morgan fingerprint density at radius 3 is 2.68 bits per heavy atom. The highest BCUT2D eigenvalue weighted by atomic mass is 16.2. The molecule has 1 aliphatic heterocycles. The molecule has 5 nitrogen and oxygen atoms in total. The van der Waals surface area contributed by atoms with Gasteiger partial charge in [0.15, 0.2) is 0 Å². The summed E-state index contributed by atoms with van der Waals surface area (Å²) in [7, 11) is 1.80. The van der Waals surface area contributed by atoms with Crippen LogP contribution in [0.1, 0.15) is 22.3 Å². The predicted octanol–water partition coefficient (Wildman–Crippen LogP) is 2.35. The monoisotopic (exact) mass is 295 g/mol. The van der Waals surface area contributed by atoms with Gasteiger partial charge < -0.3 is 5.32 Å². The number of rotatable bonds is 3. The summed E-state index contributed by atoms with van der Waals surface area (Å²) in [6.07, 6.45) is 1.12. The first-order valence-electron chi connectivity index (χ1n) is 7.16. The highest BCUT2D eigenvalue weighted by molar-refractivity contribution is 5.98. The zero-order valence-corrected chi connectivity index (χ0v) is 12.3. The Labute approximate surface area is 128 Å². The van der Waals surface area contributed by atoms with Crippen molar-refractivity contribution in [2.24, 2.45) is 0 Å². The van der Waals surface area contributed by atoms with Crippen molar-refractivity contribution in [3.05, 3.63) is 59.7 Å². The molecule has 112 valence electrons. The fraction of sp³-hybridized carbons (Fsp3) is 0.176. The van der Waals surface area contributed by atoms with Crippen LogP contribution < -0.4 is 15.8 Å². The fourth-order valence-corrected chi connectivity index (χ4v) is 2.46. The van der Waals surface area contributed by atoms with E-state index in [2.05, 4.69) is 10.7 Å². The number of aryl methyl sites for hydroxylation is 1. The van der Waals surface area contributed by atoms with Gasteiger partial charge in [-0.15, -0.1) is 0 Å². The van der Waals surface area contributed by atoms with Gasteiger partial charge in [0.1, 0.15) is 0 Å². The lowest BCUT2D eigenvalue weighted by atomic mass is 10.0. The minimum atomic E-state index is -0.175. The first-order valence-corrected chi connectivity index (χ1v) is 7.16. The Morgan fingerprint density at radius 1 is 1.14 bits per heavy atom. The third-order valence-electron chi connectivity index (χ3n) is 3.68. The molecule has 5 heteroatoms. The number of hydrogen-bond acceptors (Lipinski definition) is 3. The van der Waals surface area contributed by atoms with E-state index in [0.717, 1.165) is 16.9 Å². The van der Waals surface area contributed by atoms with E-state index >= 15 is 0 Å². The topological polar surface area (TPSA) is 61.4 Å². The average Bonchev–Trinajstić information content (AvgIpc) is 2.55. The largest absolute Gasteiger partial charge is 0.326 e. The molecule has 0 unspecified atom stereocenters. The molecule has 0 spiro atoms. The van der Waals surface area contributed by atoms with E-state index in [9.17, 15) is 9.59 Å². The maximum absolute atomic E-state index is 12.3. The van der Waals surface area contributed by atoms with Crippen LogP contribution in [0.25, 0.3) is 0 Å². The molecule has 0 atom stereocenters. The molecule has 2 aromatic rings. The van der Waals surface area contributed by atoms with Crippen molar-refractivity contribution in [1.29, 1.82) is 0 Å². The lowest BCUT2D eigenvalue weighted by molar-refractivity contribution is -0.116. The third-order valence-corrected chi connectivity index (χ3v) is 3.68. The van der Waals surface area contributed by atoms with Crippen LogP contribution in [0.2, 0.25) is 0 Å². The second kappa shape index (κ2) is 5.89. The SMILES string of the molecule is CN(NC(=O)c1ccc2c(c1)CCC(=O)N2)c1ccccc1. The Morgan fingerprint density at radius 2 is 1.91 bits per heavy atom. The van der Waals surface area contributed by atoms with Gasteiger partial charge >= 0.3 is 0 Å². The van der Waals surface area contributed by atoms with E-state index in [4.69, 9.17) is 0 Å². The molecular formula is C17H17N3O2. The van der Waals surface area contributed by atoms with Crippen LogP contribution in [0.4, 0.5) is 11.4 Å². The van der Waals surface area contributed by atoms with Crippen LogP contribution in [0.3, 0.4) is 0 Å². The molecule has 3 rings (SSSR count). The molecule has 0 saturated heterocycles. The van der Waals surface area contributed by atoms with Gasteiger partial charge in [-0.05, 0) is 42.3 Å². The molecule has 1 heterocycles. The molecule has 0 bridgehead atoms. The molecule has 0 aliphatic carbocycles. The van der Waals surface area contributed by atoms with Crippen LogP contribution in [-0.2, 0) is 11.2 Å². The minimum Gasteiger partial charge on any atom is -0.326 e. The number of anilines is 2. The maximum atomic E-state index is 12.3. The van der Waals surface area contributed by atoms with Crippen molar-refractivity contribution in [1.82, 2.24) is 5.43 Å². The molecule has 0 fully saturated rings. The molecule has 2 aromatic carbocycles. The molecule has 0 radical (unpaired) electrons. The van der Waals surface area contributed by atoms with Crippen LogP contribution in [-0.4, -0.2) is 18.9 Å². The lowest BCUT2D eigenvalue weighted by Crippen LogP contribution is -2.39. The summed E-state index contributed by atoms with van der Waals surface area (Å²) in [5.41, 5.74) is 6.11. The van der Waals surface area contributed by atoms with Gasteiger partial charge in [-0.2, -0.15) is 0 Å². The Hall–Kier alpha value is -2.82. The van der Waals surface area contributed by atoms with Gasteiger partial charge in [-0.25, -0.2) is 0 Å². The molecule has 1 aliphatic rings. The first kappa shape index (κ1) is 14.1. The van der Waals surface area contributed by atoms with E-state index in [1.165, 1.54) is 0 Å². The number of carbonyl (C=O) groups excluding carboxylic acids is 2. The number of hydrazine groups is 1. The second-order valence-electron chi connectivity index (χ2n) is 5.26. The van der Waals surface area contributed by atoms with Gasteiger partial charge in [0.2, 0.25) is 5.91 Å². The quantitative estimate of drug-likeness (QED) is 0.855. The highest BCUT2D eigenvalue weighted by Crippen LogP contribution is 2.23. The summed E-state index contributed by atoms with van der Waals surface area (Å²) in [5.74, 6) is -0.153. The maximum Gasteiger partial charge on any atom is 0.269 e.